The second-order valence-corrected chi connectivity index (χ2v) is 5.66. The van der Waals surface area contributed by atoms with Gasteiger partial charge in [-0.05, 0) is 29.3 Å². The van der Waals surface area contributed by atoms with E-state index in [4.69, 9.17) is 0 Å². The van der Waals surface area contributed by atoms with Crippen molar-refractivity contribution < 1.29 is 9.90 Å². The number of amides is 1. The monoisotopic (exact) mass is 321 g/mol. The van der Waals surface area contributed by atoms with Crippen LogP contribution in [0, 0.1) is 0 Å². The Morgan fingerprint density at radius 1 is 1.17 bits per heavy atom. The van der Waals surface area contributed by atoms with Gasteiger partial charge in [0.15, 0.2) is 6.04 Å². The molecule has 0 radical (unpaired) electrons. The van der Waals surface area contributed by atoms with Gasteiger partial charge in [-0.25, -0.2) is 0 Å². The fraction of sp³-hybridized carbons (Fsp3) is 0.158. The summed E-state index contributed by atoms with van der Waals surface area (Å²) in [5.74, 6) is 0.133. The molecule has 3 rings (SSSR count). The standard InChI is InChI=1S/C19H19N3O2/c1-21(14-15-7-5-10-17(23)13-15)19(24)18(22-12-6-11-20-22)16-8-3-2-4-9-16/h2-13,18,23H,14H2,1H3. The van der Waals surface area contributed by atoms with Gasteiger partial charge in [0.05, 0.1) is 0 Å². The minimum atomic E-state index is -0.511. The number of carbonyl (C=O) groups is 1. The lowest BCUT2D eigenvalue weighted by atomic mass is 10.1. The van der Waals surface area contributed by atoms with E-state index < -0.39 is 6.04 Å². The zero-order valence-corrected chi connectivity index (χ0v) is 13.4. The molecular weight excluding hydrogens is 302 g/mol. The number of hydrogen-bond donors (Lipinski definition) is 1. The number of phenols is 1. The summed E-state index contributed by atoms with van der Waals surface area (Å²) < 4.78 is 1.66. The third-order valence-electron chi connectivity index (χ3n) is 3.85. The zero-order chi connectivity index (χ0) is 16.9. The maximum Gasteiger partial charge on any atom is 0.252 e. The number of aromatic hydroxyl groups is 1. The lowest BCUT2D eigenvalue weighted by molar-refractivity contribution is -0.133. The number of hydrogen-bond acceptors (Lipinski definition) is 3. The van der Waals surface area contributed by atoms with Gasteiger partial charge < -0.3 is 10.0 Å². The lowest BCUT2D eigenvalue weighted by Crippen LogP contribution is -2.35. The fourth-order valence-electron chi connectivity index (χ4n) is 2.69. The van der Waals surface area contributed by atoms with Crippen molar-refractivity contribution in [2.45, 2.75) is 12.6 Å². The number of rotatable bonds is 5. The predicted molar refractivity (Wildman–Crippen MR) is 91.4 cm³/mol. The first-order valence-corrected chi connectivity index (χ1v) is 7.72. The molecule has 1 N–H and O–H groups in total. The molecule has 0 aliphatic heterocycles. The molecule has 1 unspecified atom stereocenters. The van der Waals surface area contributed by atoms with Crippen LogP contribution in [0.2, 0.25) is 0 Å². The highest BCUT2D eigenvalue weighted by Crippen LogP contribution is 2.21. The summed E-state index contributed by atoms with van der Waals surface area (Å²) in [6, 6.07) is 17.8. The van der Waals surface area contributed by atoms with E-state index in [1.54, 1.807) is 53.3 Å². The minimum Gasteiger partial charge on any atom is -0.508 e. The number of carbonyl (C=O) groups excluding carboxylic acids is 1. The van der Waals surface area contributed by atoms with Gasteiger partial charge in [0.1, 0.15) is 5.75 Å². The molecule has 0 fully saturated rings. The largest absolute Gasteiger partial charge is 0.508 e. The molecular formula is C19H19N3O2. The third kappa shape index (κ3) is 3.46. The molecule has 0 bridgehead atoms. The topological polar surface area (TPSA) is 58.4 Å². The first kappa shape index (κ1) is 15.8. The molecule has 2 aromatic carbocycles. The van der Waals surface area contributed by atoms with E-state index in [0.29, 0.717) is 6.54 Å². The summed E-state index contributed by atoms with van der Waals surface area (Å²) in [5.41, 5.74) is 1.76. The van der Waals surface area contributed by atoms with Crippen LogP contribution in [0.5, 0.6) is 5.75 Å². The quantitative estimate of drug-likeness (QED) is 0.786. The SMILES string of the molecule is CN(Cc1cccc(O)c1)C(=O)C(c1ccccc1)n1cccn1. The molecule has 1 atom stereocenters. The maximum atomic E-state index is 13.0. The number of phenolic OH excluding ortho intramolecular Hbond substituents is 1. The molecule has 122 valence electrons. The van der Waals surface area contributed by atoms with Crippen LogP contribution in [-0.2, 0) is 11.3 Å². The van der Waals surface area contributed by atoms with Gasteiger partial charge in [0.2, 0.25) is 0 Å². The first-order valence-electron chi connectivity index (χ1n) is 7.72. The summed E-state index contributed by atoms with van der Waals surface area (Å²) in [4.78, 5) is 14.7. The third-order valence-corrected chi connectivity index (χ3v) is 3.85. The Hall–Kier alpha value is -3.08. The molecule has 1 aromatic heterocycles. The van der Waals surface area contributed by atoms with Crippen molar-refractivity contribution in [1.82, 2.24) is 14.7 Å². The summed E-state index contributed by atoms with van der Waals surface area (Å²) in [5, 5.41) is 13.8. The van der Waals surface area contributed by atoms with Crippen molar-refractivity contribution in [1.29, 1.82) is 0 Å². The Morgan fingerprint density at radius 3 is 2.62 bits per heavy atom. The van der Waals surface area contributed by atoms with Crippen molar-refractivity contribution in [2.24, 2.45) is 0 Å². The highest BCUT2D eigenvalue weighted by Gasteiger charge is 2.26. The van der Waals surface area contributed by atoms with E-state index in [-0.39, 0.29) is 11.7 Å². The molecule has 3 aromatic rings. The number of benzene rings is 2. The van der Waals surface area contributed by atoms with Crippen molar-refractivity contribution >= 4 is 5.91 Å². The van der Waals surface area contributed by atoms with Crippen molar-refractivity contribution in [3.05, 3.63) is 84.2 Å². The molecule has 0 aliphatic carbocycles. The average molecular weight is 321 g/mol. The zero-order valence-electron chi connectivity index (χ0n) is 13.4. The Morgan fingerprint density at radius 2 is 1.96 bits per heavy atom. The van der Waals surface area contributed by atoms with Gasteiger partial charge in [-0.2, -0.15) is 5.10 Å². The minimum absolute atomic E-state index is 0.0618. The van der Waals surface area contributed by atoms with E-state index in [0.717, 1.165) is 11.1 Å². The van der Waals surface area contributed by atoms with E-state index in [2.05, 4.69) is 5.10 Å². The second kappa shape index (κ2) is 7.00. The molecule has 0 aliphatic rings. The van der Waals surface area contributed by atoms with Crippen LogP contribution in [0.15, 0.2) is 73.1 Å². The smallest absolute Gasteiger partial charge is 0.252 e. The van der Waals surface area contributed by atoms with E-state index in [9.17, 15) is 9.90 Å². The Bertz CT molecular complexity index is 800. The Labute approximate surface area is 140 Å². The van der Waals surface area contributed by atoms with Crippen LogP contribution in [0.1, 0.15) is 17.2 Å². The number of likely N-dealkylation sites (N-methyl/N-ethyl adjacent to an activating group) is 1. The fourth-order valence-corrected chi connectivity index (χ4v) is 2.69. The molecule has 1 amide bonds. The van der Waals surface area contributed by atoms with Crippen LogP contribution < -0.4 is 0 Å². The van der Waals surface area contributed by atoms with Crippen LogP contribution in [0.3, 0.4) is 0 Å². The summed E-state index contributed by atoms with van der Waals surface area (Å²) >= 11 is 0. The first-order chi connectivity index (χ1) is 11.6. The van der Waals surface area contributed by atoms with Gasteiger partial charge in [0, 0.05) is 26.0 Å². The van der Waals surface area contributed by atoms with Crippen LogP contribution in [-0.4, -0.2) is 32.7 Å². The van der Waals surface area contributed by atoms with Crippen molar-refractivity contribution in [3.63, 3.8) is 0 Å². The second-order valence-electron chi connectivity index (χ2n) is 5.66. The van der Waals surface area contributed by atoms with Gasteiger partial charge in [-0.1, -0.05) is 42.5 Å². The van der Waals surface area contributed by atoms with Gasteiger partial charge in [-0.15, -0.1) is 0 Å². The van der Waals surface area contributed by atoms with Gasteiger partial charge >= 0.3 is 0 Å². The van der Waals surface area contributed by atoms with Gasteiger partial charge in [0.25, 0.3) is 5.91 Å². The van der Waals surface area contributed by atoms with Crippen LogP contribution in [0.4, 0.5) is 0 Å². The molecule has 24 heavy (non-hydrogen) atoms. The van der Waals surface area contributed by atoms with Crippen LogP contribution in [0.25, 0.3) is 0 Å². The molecule has 5 nitrogen and oxygen atoms in total. The Kier molecular flexibility index (Phi) is 4.61. The van der Waals surface area contributed by atoms with E-state index in [1.807, 2.05) is 36.4 Å². The summed E-state index contributed by atoms with van der Waals surface area (Å²) in [6.07, 6.45) is 3.45. The molecule has 0 saturated heterocycles. The van der Waals surface area contributed by atoms with Gasteiger partial charge in [-0.3, -0.25) is 9.48 Å². The highest BCUT2D eigenvalue weighted by atomic mass is 16.3. The predicted octanol–water partition coefficient (Wildman–Crippen LogP) is 2.84. The number of aromatic nitrogens is 2. The molecule has 5 heteroatoms. The maximum absolute atomic E-state index is 13.0. The average Bonchev–Trinajstić information content (AvgIpc) is 3.10. The number of nitrogens with zero attached hydrogens (tertiary/aromatic N) is 3. The normalized spacial score (nSPS) is 11.9. The molecule has 0 saturated carbocycles. The van der Waals surface area contributed by atoms with Crippen molar-refractivity contribution in [2.75, 3.05) is 7.05 Å². The highest BCUT2D eigenvalue weighted by molar-refractivity contribution is 5.83. The van der Waals surface area contributed by atoms with Crippen LogP contribution >= 0.6 is 0 Å². The summed E-state index contributed by atoms with van der Waals surface area (Å²) in [7, 11) is 1.76. The lowest BCUT2D eigenvalue weighted by Gasteiger charge is -2.24. The molecule has 0 spiro atoms. The van der Waals surface area contributed by atoms with Crippen molar-refractivity contribution in [3.8, 4) is 5.75 Å². The van der Waals surface area contributed by atoms with E-state index in [1.165, 1.54) is 0 Å². The summed E-state index contributed by atoms with van der Waals surface area (Å²) in [6.45, 7) is 0.415. The van der Waals surface area contributed by atoms with E-state index >= 15 is 0 Å². The molecule has 1 heterocycles. The Balaban J connectivity index is 1.86.